The fraction of sp³-hybridized carbons (Fsp3) is 0.250. The Hall–Kier alpha value is -1.48. The molecule has 0 aliphatic carbocycles. The molecule has 3 nitrogen and oxygen atoms in total. The first-order chi connectivity index (χ1) is 7.61. The summed E-state index contributed by atoms with van der Waals surface area (Å²) >= 11 is 5.55. The van der Waals surface area contributed by atoms with Crippen molar-refractivity contribution >= 4 is 23.1 Å². The number of nitrogens with zero attached hydrogens (tertiary/aromatic N) is 1. The number of alkyl halides is 1. The van der Waals surface area contributed by atoms with Gasteiger partial charge in [0.25, 0.3) is 0 Å². The van der Waals surface area contributed by atoms with Gasteiger partial charge in [0.2, 0.25) is 0 Å². The van der Waals surface area contributed by atoms with Crippen molar-refractivity contribution in [3.05, 3.63) is 36.4 Å². The van der Waals surface area contributed by atoms with Crippen LogP contribution in [0.15, 0.2) is 41.4 Å². The number of halogens is 1. The lowest BCUT2D eigenvalue weighted by Gasteiger charge is -2.06. The molecule has 1 aromatic rings. The Morgan fingerprint density at radius 3 is 2.94 bits per heavy atom. The van der Waals surface area contributed by atoms with Gasteiger partial charge in [0.15, 0.2) is 0 Å². The molecule has 1 aromatic carbocycles. The molecule has 0 amide bonds. The second-order valence-corrected chi connectivity index (χ2v) is 3.75. The molecule has 4 heteroatoms. The highest BCUT2D eigenvalue weighted by Crippen LogP contribution is 2.20. The first-order valence-electron chi connectivity index (χ1n) is 4.88. The average Bonchev–Trinajstić information content (AvgIpc) is 2.26. The number of amidine groups is 1. The maximum absolute atomic E-state index is 5.55. The van der Waals surface area contributed by atoms with Crippen LogP contribution in [0.25, 0.3) is 0 Å². The fourth-order valence-electron chi connectivity index (χ4n) is 1.05. The largest absolute Gasteiger partial charge is 0.489 e. The zero-order valence-corrected chi connectivity index (χ0v) is 10.00. The molecule has 0 aromatic heterocycles. The standard InChI is InChI=1S/C12H15ClN2O/c1-9(2)8-16-11-5-3-4-10(6-11)15-12(14)7-13/h3-6H,1,7-8H2,2H3,(H2,14,15). The lowest BCUT2D eigenvalue weighted by Crippen LogP contribution is -2.12. The van der Waals surface area contributed by atoms with Gasteiger partial charge in [-0.1, -0.05) is 12.6 Å². The van der Waals surface area contributed by atoms with Gasteiger partial charge < -0.3 is 10.5 Å². The highest BCUT2D eigenvalue weighted by molar-refractivity contribution is 6.28. The fourth-order valence-corrected chi connectivity index (χ4v) is 1.10. The highest BCUT2D eigenvalue weighted by Gasteiger charge is 1.97. The summed E-state index contributed by atoms with van der Waals surface area (Å²) in [6, 6.07) is 7.36. The van der Waals surface area contributed by atoms with Gasteiger partial charge in [-0.05, 0) is 24.6 Å². The van der Waals surface area contributed by atoms with Gasteiger partial charge in [-0.3, -0.25) is 0 Å². The summed E-state index contributed by atoms with van der Waals surface area (Å²) in [6.07, 6.45) is 0. The van der Waals surface area contributed by atoms with Crippen LogP contribution >= 0.6 is 11.6 Å². The van der Waals surface area contributed by atoms with E-state index in [2.05, 4.69) is 11.6 Å². The second kappa shape index (κ2) is 6.18. The molecule has 0 unspecified atom stereocenters. The average molecular weight is 239 g/mol. The van der Waals surface area contributed by atoms with Crippen molar-refractivity contribution in [2.75, 3.05) is 12.5 Å². The van der Waals surface area contributed by atoms with Crippen LogP contribution in [0.2, 0.25) is 0 Å². The smallest absolute Gasteiger partial charge is 0.121 e. The molecule has 0 saturated carbocycles. The summed E-state index contributed by atoms with van der Waals surface area (Å²) < 4.78 is 5.48. The van der Waals surface area contributed by atoms with E-state index in [4.69, 9.17) is 22.1 Å². The molecule has 0 aliphatic rings. The van der Waals surface area contributed by atoms with Crippen molar-refractivity contribution in [1.82, 2.24) is 0 Å². The van der Waals surface area contributed by atoms with Crippen LogP contribution in [0, 0.1) is 0 Å². The van der Waals surface area contributed by atoms with Crippen LogP contribution in [0.5, 0.6) is 5.75 Å². The van der Waals surface area contributed by atoms with Crippen molar-refractivity contribution in [3.8, 4) is 5.75 Å². The zero-order valence-electron chi connectivity index (χ0n) is 9.24. The first kappa shape index (κ1) is 12.6. The molecular weight excluding hydrogens is 224 g/mol. The van der Waals surface area contributed by atoms with E-state index in [1.54, 1.807) is 0 Å². The number of hydrogen-bond donors (Lipinski definition) is 1. The highest BCUT2D eigenvalue weighted by atomic mass is 35.5. The van der Waals surface area contributed by atoms with E-state index in [-0.39, 0.29) is 5.88 Å². The molecule has 0 heterocycles. The minimum atomic E-state index is 0.219. The van der Waals surface area contributed by atoms with Crippen LogP contribution in [-0.2, 0) is 0 Å². The van der Waals surface area contributed by atoms with Crippen LogP contribution in [0.4, 0.5) is 5.69 Å². The van der Waals surface area contributed by atoms with E-state index in [9.17, 15) is 0 Å². The molecule has 0 saturated heterocycles. The van der Waals surface area contributed by atoms with Crippen molar-refractivity contribution in [1.29, 1.82) is 0 Å². The summed E-state index contributed by atoms with van der Waals surface area (Å²) in [5, 5.41) is 0. The Kier molecular flexibility index (Phi) is 4.86. The number of ether oxygens (including phenoxy) is 1. The Morgan fingerprint density at radius 2 is 2.31 bits per heavy atom. The SMILES string of the molecule is C=C(C)COc1cccc(N=C(N)CCl)c1. The van der Waals surface area contributed by atoms with Crippen molar-refractivity contribution in [2.24, 2.45) is 10.7 Å². The van der Waals surface area contributed by atoms with Gasteiger partial charge in [-0.15, -0.1) is 11.6 Å². The molecule has 2 N–H and O–H groups in total. The summed E-state index contributed by atoms with van der Waals surface area (Å²) in [7, 11) is 0. The first-order valence-corrected chi connectivity index (χ1v) is 5.41. The molecule has 0 fully saturated rings. The summed E-state index contributed by atoms with van der Waals surface area (Å²) in [6.45, 7) is 6.17. The normalized spacial score (nSPS) is 11.2. The van der Waals surface area contributed by atoms with Crippen molar-refractivity contribution in [2.45, 2.75) is 6.92 Å². The Balaban J connectivity index is 2.75. The van der Waals surface area contributed by atoms with E-state index in [0.717, 1.165) is 17.0 Å². The minimum Gasteiger partial charge on any atom is -0.489 e. The van der Waals surface area contributed by atoms with Crippen LogP contribution < -0.4 is 10.5 Å². The lowest BCUT2D eigenvalue weighted by molar-refractivity contribution is 0.353. The second-order valence-electron chi connectivity index (χ2n) is 3.48. The zero-order chi connectivity index (χ0) is 12.0. The molecule has 16 heavy (non-hydrogen) atoms. The molecule has 0 atom stereocenters. The molecular formula is C12H15ClN2O. The topological polar surface area (TPSA) is 47.6 Å². The van der Waals surface area contributed by atoms with Crippen LogP contribution in [0.1, 0.15) is 6.92 Å². The van der Waals surface area contributed by atoms with E-state index in [0.29, 0.717) is 12.4 Å². The minimum absolute atomic E-state index is 0.219. The van der Waals surface area contributed by atoms with E-state index in [1.165, 1.54) is 0 Å². The quantitative estimate of drug-likeness (QED) is 0.371. The molecule has 0 aliphatic heterocycles. The summed E-state index contributed by atoms with van der Waals surface area (Å²) in [5.41, 5.74) is 7.24. The Bertz CT molecular complexity index is 402. The number of benzene rings is 1. The van der Waals surface area contributed by atoms with Crippen molar-refractivity contribution in [3.63, 3.8) is 0 Å². The predicted molar refractivity (Wildman–Crippen MR) is 68.8 cm³/mol. The van der Waals surface area contributed by atoms with E-state index in [1.807, 2.05) is 31.2 Å². The van der Waals surface area contributed by atoms with Gasteiger partial charge in [0.05, 0.1) is 11.6 Å². The summed E-state index contributed by atoms with van der Waals surface area (Å²) in [5.74, 6) is 1.35. The number of aliphatic imine (C=N–C) groups is 1. The lowest BCUT2D eigenvalue weighted by atomic mass is 10.3. The van der Waals surface area contributed by atoms with Crippen LogP contribution in [0.3, 0.4) is 0 Å². The molecule has 0 bridgehead atoms. The number of hydrogen-bond acceptors (Lipinski definition) is 2. The monoisotopic (exact) mass is 238 g/mol. The van der Waals surface area contributed by atoms with Gasteiger partial charge in [-0.2, -0.15) is 0 Å². The predicted octanol–water partition coefficient (Wildman–Crippen LogP) is 2.87. The maximum atomic E-state index is 5.55. The molecule has 0 spiro atoms. The van der Waals surface area contributed by atoms with Crippen molar-refractivity contribution < 1.29 is 4.74 Å². The van der Waals surface area contributed by atoms with Gasteiger partial charge in [0.1, 0.15) is 18.2 Å². The summed E-state index contributed by atoms with van der Waals surface area (Å²) in [4.78, 5) is 4.13. The van der Waals surface area contributed by atoms with E-state index >= 15 is 0 Å². The van der Waals surface area contributed by atoms with E-state index < -0.39 is 0 Å². The van der Waals surface area contributed by atoms with Gasteiger partial charge in [-0.25, -0.2) is 4.99 Å². The molecule has 0 radical (unpaired) electrons. The molecule has 1 rings (SSSR count). The Labute approximate surface area is 101 Å². The maximum Gasteiger partial charge on any atom is 0.121 e. The van der Waals surface area contributed by atoms with Gasteiger partial charge in [0, 0.05) is 6.07 Å². The van der Waals surface area contributed by atoms with Gasteiger partial charge >= 0.3 is 0 Å². The third kappa shape index (κ3) is 4.36. The Morgan fingerprint density at radius 1 is 1.56 bits per heavy atom. The third-order valence-electron chi connectivity index (χ3n) is 1.71. The third-order valence-corrected chi connectivity index (χ3v) is 1.99. The number of rotatable bonds is 5. The number of nitrogens with two attached hydrogens (primary N) is 1. The molecule has 86 valence electrons. The van der Waals surface area contributed by atoms with Crippen LogP contribution in [-0.4, -0.2) is 18.3 Å².